The second-order valence-electron chi connectivity index (χ2n) is 5.26. The Balaban J connectivity index is 2.16. The van der Waals surface area contributed by atoms with Crippen molar-refractivity contribution < 1.29 is 4.74 Å². The van der Waals surface area contributed by atoms with Crippen LogP contribution in [0.4, 0.5) is 0 Å². The van der Waals surface area contributed by atoms with E-state index in [4.69, 9.17) is 4.74 Å². The SMILES string of the molecule is COc1ccc(Br)c(CN2C(C)CCCC2C)c1. The molecule has 1 aromatic carbocycles. The Hall–Kier alpha value is -0.540. The number of ether oxygens (including phenoxy) is 1. The van der Waals surface area contributed by atoms with E-state index in [-0.39, 0.29) is 0 Å². The number of nitrogens with zero attached hydrogens (tertiary/aromatic N) is 1. The summed E-state index contributed by atoms with van der Waals surface area (Å²) in [5, 5.41) is 0. The van der Waals surface area contributed by atoms with E-state index in [9.17, 15) is 0 Å². The maximum Gasteiger partial charge on any atom is 0.119 e. The fourth-order valence-corrected chi connectivity index (χ4v) is 3.15. The average molecular weight is 312 g/mol. The summed E-state index contributed by atoms with van der Waals surface area (Å²) in [6.07, 6.45) is 3.98. The van der Waals surface area contributed by atoms with Crippen LogP contribution in [0, 0.1) is 0 Å². The molecule has 3 heteroatoms. The highest BCUT2D eigenvalue weighted by Crippen LogP contribution is 2.29. The minimum Gasteiger partial charge on any atom is -0.497 e. The molecule has 1 saturated heterocycles. The number of hydrogen-bond acceptors (Lipinski definition) is 2. The molecule has 0 saturated carbocycles. The van der Waals surface area contributed by atoms with Crippen LogP contribution in [-0.2, 0) is 6.54 Å². The van der Waals surface area contributed by atoms with Gasteiger partial charge in [0.2, 0.25) is 0 Å². The molecular formula is C15H22BrNO. The number of piperidine rings is 1. The van der Waals surface area contributed by atoms with E-state index in [0.717, 1.165) is 12.3 Å². The van der Waals surface area contributed by atoms with Gasteiger partial charge in [0, 0.05) is 23.1 Å². The lowest BCUT2D eigenvalue weighted by atomic mass is 9.97. The van der Waals surface area contributed by atoms with Gasteiger partial charge in [-0.3, -0.25) is 4.90 Å². The Bertz CT molecular complexity index is 397. The van der Waals surface area contributed by atoms with Gasteiger partial charge < -0.3 is 4.74 Å². The number of halogens is 1. The van der Waals surface area contributed by atoms with Crippen LogP contribution in [0.25, 0.3) is 0 Å². The van der Waals surface area contributed by atoms with Crippen LogP contribution in [0.1, 0.15) is 38.7 Å². The van der Waals surface area contributed by atoms with Crippen molar-refractivity contribution >= 4 is 15.9 Å². The van der Waals surface area contributed by atoms with Gasteiger partial charge in [0.1, 0.15) is 5.75 Å². The molecule has 0 aliphatic carbocycles. The predicted octanol–water partition coefficient (Wildman–Crippen LogP) is 4.22. The topological polar surface area (TPSA) is 12.5 Å². The van der Waals surface area contributed by atoms with Gasteiger partial charge in [-0.15, -0.1) is 0 Å². The first-order chi connectivity index (χ1) is 8.61. The average Bonchev–Trinajstić information content (AvgIpc) is 2.36. The smallest absolute Gasteiger partial charge is 0.119 e. The monoisotopic (exact) mass is 311 g/mol. The quantitative estimate of drug-likeness (QED) is 0.828. The molecule has 0 amide bonds. The fraction of sp³-hybridized carbons (Fsp3) is 0.600. The van der Waals surface area contributed by atoms with Crippen molar-refractivity contribution in [3.63, 3.8) is 0 Å². The molecule has 18 heavy (non-hydrogen) atoms. The Morgan fingerprint density at radius 3 is 2.56 bits per heavy atom. The standard InChI is InChI=1S/C15H22BrNO/c1-11-5-4-6-12(2)17(11)10-13-9-14(18-3)7-8-15(13)16/h7-9,11-12H,4-6,10H2,1-3H3. The van der Waals surface area contributed by atoms with Crippen LogP contribution in [0.15, 0.2) is 22.7 Å². The minimum atomic E-state index is 0.673. The zero-order valence-corrected chi connectivity index (χ0v) is 13.0. The second kappa shape index (κ2) is 6.07. The molecular weight excluding hydrogens is 290 g/mol. The largest absolute Gasteiger partial charge is 0.497 e. The van der Waals surface area contributed by atoms with Gasteiger partial charge in [-0.1, -0.05) is 22.4 Å². The Morgan fingerprint density at radius 2 is 1.94 bits per heavy atom. The molecule has 1 aliphatic rings. The van der Waals surface area contributed by atoms with Crippen LogP contribution < -0.4 is 4.74 Å². The molecule has 0 aromatic heterocycles. The van der Waals surface area contributed by atoms with E-state index in [1.807, 2.05) is 6.07 Å². The van der Waals surface area contributed by atoms with Crippen LogP contribution in [0.2, 0.25) is 0 Å². The number of likely N-dealkylation sites (tertiary alicyclic amines) is 1. The van der Waals surface area contributed by atoms with Gasteiger partial charge >= 0.3 is 0 Å². The Morgan fingerprint density at radius 1 is 1.28 bits per heavy atom. The minimum absolute atomic E-state index is 0.673. The van der Waals surface area contributed by atoms with E-state index in [1.165, 1.54) is 29.3 Å². The van der Waals surface area contributed by atoms with Crippen molar-refractivity contribution in [2.45, 2.75) is 51.7 Å². The van der Waals surface area contributed by atoms with Gasteiger partial charge in [-0.2, -0.15) is 0 Å². The normalized spacial score (nSPS) is 25.1. The van der Waals surface area contributed by atoms with Crippen molar-refractivity contribution in [1.29, 1.82) is 0 Å². The lowest BCUT2D eigenvalue weighted by Gasteiger charge is -2.39. The Kier molecular flexibility index (Phi) is 4.68. The summed E-state index contributed by atoms with van der Waals surface area (Å²) in [7, 11) is 1.72. The van der Waals surface area contributed by atoms with Crippen LogP contribution in [0.3, 0.4) is 0 Å². The van der Waals surface area contributed by atoms with Gasteiger partial charge in [-0.05, 0) is 50.5 Å². The molecule has 2 nitrogen and oxygen atoms in total. The van der Waals surface area contributed by atoms with E-state index in [0.29, 0.717) is 12.1 Å². The van der Waals surface area contributed by atoms with Crippen molar-refractivity contribution in [1.82, 2.24) is 4.90 Å². The predicted molar refractivity (Wildman–Crippen MR) is 79.0 cm³/mol. The van der Waals surface area contributed by atoms with Crippen LogP contribution >= 0.6 is 15.9 Å². The van der Waals surface area contributed by atoms with Crippen LogP contribution in [-0.4, -0.2) is 24.1 Å². The number of hydrogen-bond donors (Lipinski definition) is 0. The summed E-state index contributed by atoms with van der Waals surface area (Å²) >= 11 is 3.64. The third-order valence-corrected chi connectivity index (χ3v) is 4.76. The van der Waals surface area contributed by atoms with E-state index >= 15 is 0 Å². The lowest BCUT2D eigenvalue weighted by molar-refractivity contribution is 0.0949. The molecule has 1 aromatic rings. The molecule has 1 heterocycles. The highest BCUT2D eigenvalue weighted by atomic mass is 79.9. The van der Waals surface area contributed by atoms with Gasteiger partial charge in [0.25, 0.3) is 0 Å². The highest BCUT2D eigenvalue weighted by molar-refractivity contribution is 9.10. The molecule has 1 fully saturated rings. The molecule has 0 bridgehead atoms. The fourth-order valence-electron chi connectivity index (χ4n) is 2.78. The molecule has 0 N–H and O–H groups in total. The summed E-state index contributed by atoms with van der Waals surface area (Å²) in [5.74, 6) is 0.936. The summed E-state index contributed by atoms with van der Waals surface area (Å²) in [4.78, 5) is 2.60. The Labute approximate surface area is 118 Å². The third kappa shape index (κ3) is 3.07. The van der Waals surface area contributed by atoms with Crippen LogP contribution in [0.5, 0.6) is 5.75 Å². The summed E-state index contributed by atoms with van der Waals surface area (Å²) in [5.41, 5.74) is 1.31. The number of benzene rings is 1. The van der Waals surface area contributed by atoms with Crippen molar-refractivity contribution in [3.05, 3.63) is 28.2 Å². The molecule has 1 aliphatic heterocycles. The summed E-state index contributed by atoms with van der Waals surface area (Å²) in [6, 6.07) is 7.56. The highest BCUT2D eigenvalue weighted by Gasteiger charge is 2.25. The van der Waals surface area contributed by atoms with E-state index < -0.39 is 0 Å². The van der Waals surface area contributed by atoms with E-state index in [2.05, 4.69) is 46.8 Å². The van der Waals surface area contributed by atoms with Crippen molar-refractivity contribution in [3.8, 4) is 5.75 Å². The first-order valence-electron chi connectivity index (χ1n) is 6.70. The summed E-state index contributed by atoms with van der Waals surface area (Å²) in [6.45, 7) is 5.67. The molecule has 2 unspecified atom stereocenters. The second-order valence-corrected chi connectivity index (χ2v) is 6.11. The molecule has 0 spiro atoms. The van der Waals surface area contributed by atoms with Gasteiger partial charge in [-0.25, -0.2) is 0 Å². The maximum atomic E-state index is 5.31. The van der Waals surface area contributed by atoms with Crippen molar-refractivity contribution in [2.24, 2.45) is 0 Å². The van der Waals surface area contributed by atoms with Gasteiger partial charge in [0.15, 0.2) is 0 Å². The van der Waals surface area contributed by atoms with E-state index in [1.54, 1.807) is 7.11 Å². The summed E-state index contributed by atoms with van der Waals surface area (Å²) < 4.78 is 6.49. The van der Waals surface area contributed by atoms with Gasteiger partial charge in [0.05, 0.1) is 7.11 Å². The third-order valence-electron chi connectivity index (χ3n) is 3.98. The molecule has 2 rings (SSSR count). The first-order valence-corrected chi connectivity index (χ1v) is 7.49. The molecule has 0 radical (unpaired) electrons. The molecule has 100 valence electrons. The number of methoxy groups -OCH3 is 1. The maximum absolute atomic E-state index is 5.31. The van der Waals surface area contributed by atoms with Crippen molar-refractivity contribution in [2.75, 3.05) is 7.11 Å². The zero-order chi connectivity index (χ0) is 13.1. The number of rotatable bonds is 3. The zero-order valence-electron chi connectivity index (χ0n) is 11.4. The molecule has 2 atom stereocenters. The lowest BCUT2D eigenvalue weighted by Crippen LogP contribution is -2.43. The first kappa shape index (κ1) is 13.9.